The van der Waals surface area contributed by atoms with Gasteiger partial charge in [-0.15, -0.1) is 0 Å². The number of esters is 2. The largest absolute Gasteiger partial charge is 0.419 e. The molecule has 3 aromatic rings. The molecule has 0 radical (unpaired) electrons. The normalized spacial score (nSPS) is 18.4. The Morgan fingerprint density at radius 2 is 0.973 bits per heavy atom. The number of hydrogen-bond acceptors (Lipinski definition) is 4. The molecule has 0 aliphatic heterocycles. The Labute approximate surface area is 206 Å². The van der Waals surface area contributed by atoms with Crippen molar-refractivity contribution in [1.29, 1.82) is 0 Å². The zero-order chi connectivity index (χ0) is 26.5. The second-order valence-corrected chi connectivity index (χ2v) is 9.06. The van der Waals surface area contributed by atoms with E-state index in [1.807, 2.05) is 0 Å². The van der Waals surface area contributed by atoms with Gasteiger partial charge in [-0.2, -0.15) is 26.3 Å². The number of ether oxygens (including phenoxy) is 2. The first-order valence-electron chi connectivity index (χ1n) is 11.4. The van der Waals surface area contributed by atoms with Crippen LogP contribution in [0.4, 0.5) is 26.3 Å². The van der Waals surface area contributed by atoms with Crippen LogP contribution in [-0.2, 0) is 12.4 Å². The van der Waals surface area contributed by atoms with Gasteiger partial charge in [0.25, 0.3) is 0 Å². The number of halogens is 6. The average Bonchev–Trinajstić information content (AvgIpc) is 3.46. The van der Waals surface area contributed by atoms with Gasteiger partial charge in [0, 0.05) is 0 Å². The second-order valence-electron chi connectivity index (χ2n) is 9.06. The Bertz CT molecular complexity index is 1250. The van der Waals surface area contributed by atoms with E-state index in [9.17, 15) is 35.9 Å². The van der Waals surface area contributed by atoms with Crippen LogP contribution in [0.25, 0.3) is 0 Å². The summed E-state index contributed by atoms with van der Waals surface area (Å²) in [6, 6.07) is 10.1. The van der Waals surface area contributed by atoms with E-state index in [2.05, 4.69) is 0 Å². The number of carbonyl (C=O) groups is 2. The van der Waals surface area contributed by atoms with Crippen molar-refractivity contribution in [2.75, 3.05) is 0 Å². The van der Waals surface area contributed by atoms with E-state index in [-0.39, 0.29) is 34.5 Å². The molecule has 2 aliphatic rings. The summed E-state index contributed by atoms with van der Waals surface area (Å²) in [5.41, 5.74) is -0.251. The molecule has 192 valence electrons. The predicted molar refractivity (Wildman–Crippen MR) is 119 cm³/mol. The SMILES string of the molecule is O=C(Oc1cc2c(cc1OC(=O)c1ccc(C(F)(F)F)cc1)C1CCC2C1)c1ccc(C(F)(F)F)cc1. The molecule has 2 atom stereocenters. The molecular weight excluding hydrogens is 502 g/mol. The standard InChI is InChI=1S/C27H18F6O4/c28-26(29,30)18-7-3-14(4-8-18)24(34)36-22-12-20-16-1-2-17(11-16)21(20)13-23(22)37-25(35)15-5-9-19(10-6-15)27(31,32)33/h3-10,12-13,16-17H,1-2,11H2. The Kier molecular flexibility index (Phi) is 6.00. The molecule has 4 nitrogen and oxygen atoms in total. The summed E-state index contributed by atoms with van der Waals surface area (Å²) >= 11 is 0. The fourth-order valence-electron chi connectivity index (χ4n) is 4.91. The third-order valence-corrected chi connectivity index (χ3v) is 6.76. The number of alkyl halides is 6. The van der Waals surface area contributed by atoms with E-state index in [0.717, 1.165) is 78.9 Å². The summed E-state index contributed by atoms with van der Waals surface area (Å²) in [6.07, 6.45) is -6.33. The quantitative estimate of drug-likeness (QED) is 0.203. The first-order chi connectivity index (χ1) is 17.4. The molecule has 0 saturated heterocycles. The molecule has 0 heterocycles. The van der Waals surface area contributed by atoms with Gasteiger partial charge in [0.2, 0.25) is 0 Å². The van der Waals surface area contributed by atoms with Crippen molar-refractivity contribution in [2.45, 2.75) is 43.5 Å². The Balaban J connectivity index is 1.42. The zero-order valence-electron chi connectivity index (χ0n) is 19.0. The van der Waals surface area contributed by atoms with Gasteiger partial charge in [-0.1, -0.05) is 0 Å². The molecule has 0 spiro atoms. The summed E-state index contributed by atoms with van der Waals surface area (Å²) in [4.78, 5) is 25.4. The highest BCUT2D eigenvalue weighted by atomic mass is 19.4. The first-order valence-corrected chi connectivity index (χ1v) is 11.4. The van der Waals surface area contributed by atoms with Crippen molar-refractivity contribution in [3.05, 3.63) is 94.0 Å². The van der Waals surface area contributed by atoms with Crippen LogP contribution in [0, 0.1) is 0 Å². The molecule has 2 bridgehead atoms. The molecule has 3 aromatic carbocycles. The number of fused-ring (bicyclic) bond motifs is 5. The van der Waals surface area contributed by atoms with Crippen LogP contribution in [0.3, 0.4) is 0 Å². The molecule has 10 heteroatoms. The summed E-state index contributed by atoms with van der Waals surface area (Å²) in [6.45, 7) is 0. The van der Waals surface area contributed by atoms with Crippen LogP contribution >= 0.6 is 0 Å². The Hall–Kier alpha value is -3.82. The molecule has 2 aliphatic carbocycles. The van der Waals surface area contributed by atoms with Crippen LogP contribution in [0.2, 0.25) is 0 Å². The van der Waals surface area contributed by atoms with E-state index in [4.69, 9.17) is 9.47 Å². The van der Waals surface area contributed by atoms with Crippen LogP contribution < -0.4 is 9.47 Å². The van der Waals surface area contributed by atoms with E-state index in [1.165, 1.54) is 0 Å². The van der Waals surface area contributed by atoms with Crippen molar-refractivity contribution in [3.63, 3.8) is 0 Å². The topological polar surface area (TPSA) is 52.6 Å². The van der Waals surface area contributed by atoms with Crippen molar-refractivity contribution in [1.82, 2.24) is 0 Å². The van der Waals surface area contributed by atoms with Crippen LogP contribution in [0.1, 0.15) is 74.1 Å². The van der Waals surface area contributed by atoms with Gasteiger partial charge in [0.15, 0.2) is 11.5 Å². The molecule has 1 saturated carbocycles. The number of rotatable bonds is 4. The molecule has 37 heavy (non-hydrogen) atoms. The third kappa shape index (κ3) is 4.92. The predicted octanol–water partition coefficient (Wildman–Crippen LogP) is 7.53. The van der Waals surface area contributed by atoms with Crippen molar-refractivity contribution in [2.24, 2.45) is 0 Å². The van der Waals surface area contributed by atoms with Gasteiger partial charge in [0.1, 0.15) is 0 Å². The van der Waals surface area contributed by atoms with Gasteiger partial charge < -0.3 is 9.47 Å². The van der Waals surface area contributed by atoms with E-state index in [0.29, 0.717) is 0 Å². The summed E-state index contributed by atoms with van der Waals surface area (Å²) in [5.74, 6) is -1.60. The lowest BCUT2D eigenvalue weighted by Crippen LogP contribution is -2.14. The zero-order valence-corrected chi connectivity index (χ0v) is 19.0. The van der Waals surface area contributed by atoms with Crippen molar-refractivity contribution >= 4 is 11.9 Å². The summed E-state index contributed by atoms with van der Waals surface area (Å²) in [7, 11) is 0. The summed E-state index contributed by atoms with van der Waals surface area (Å²) in [5, 5.41) is 0. The highest BCUT2D eigenvalue weighted by molar-refractivity contribution is 5.93. The Morgan fingerprint density at radius 1 is 0.622 bits per heavy atom. The second kappa shape index (κ2) is 8.93. The van der Waals surface area contributed by atoms with Gasteiger partial charge in [0.05, 0.1) is 22.3 Å². The fraction of sp³-hybridized carbons (Fsp3) is 0.259. The highest BCUT2D eigenvalue weighted by Gasteiger charge is 2.38. The lowest BCUT2D eigenvalue weighted by Gasteiger charge is -2.19. The maximum atomic E-state index is 12.8. The minimum atomic E-state index is -4.57. The van der Waals surface area contributed by atoms with E-state index < -0.39 is 35.4 Å². The number of carbonyl (C=O) groups excluding carboxylic acids is 2. The lowest BCUT2D eigenvalue weighted by molar-refractivity contribution is -0.138. The van der Waals surface area contributed by atoms with Gasteiger partial charge >= 0.3 is 24.3 Å². The minimum absolute atomic E-state index is 0.101. The van der Waals surface area contributed by atoms with E-state index in [1.54, 1.807) is 12.1 Å². The number of hydrogen-bond donors (Lipinski definition) is 0. The van der Waals surface area contributed by atoms with E-state index >= 15 is 0 Å². The van der Waals surface area contributed by atoms with Crippen LogP contribution in [-0.4, -0.2) is 11.9 Å². The fourth-order valence-corrected chi connectivity index (χ4v) is 4.91. The smallest absolute Gasteiger partial charge is 0.416 e. The molecule has 0 aromatic heterocycles. The van der Waals surface area contributed by atoms with Crippen molar-refractivity contribution in [3.8, 4) is 11.5 Å². The molecular formula is C27H18F6O4. The van der Waals surface area contributed by atoms with Gasteiger partial charge in [-0.3, -0.25) is 0 Å². The molecule has 0 N–H and O–H groups in total. The monoisotopic (exact) mass is 520 g/mol. The van der Waals surface area contributed by atoms with Crippen LogP contribution in [0.5, 0.6) is 11.5 Å². The number of benzene rings is 3. The molecule has 1 fully saturated rings. The lowest BCUT2D eigenvalue weighted by atomic mass is 9.91. The minimum Gasteiger partial charge on any atom is -0.419 e. The van der Waals surface area contributed by atoms with Crippen molar-refractivity contribution < 1.29 is 45.4 Å². The molecule has 2 unspecified atom stereocenters. The van der Waals surface area contributed by atoms with Gasteiger partial charge in [-0.25, -0.2) is 9.59 Å². The molecule has 5 rings (SSSR count). The average molecular weight is 520 g/mol. The molecule has 0 amide bonds. The van der Waals surface area contributed by atoms with Gasteiger partial charge in [-0.05, 0) is 103 Å². The maximum absolute atomic E-state index is 12.8. The third-order valence-electron chi connectivity index (χ3n) is 6.76. The summed E-state index contributed by atoms with van der Waals surface area (Å²) < 4.78 is 87.9. The maximum Gasteiger partial charge on any atom is 0.416 e. The van der Waals surface area contributed by atoms with Crippen LogP contribution in [0.15, 0.2) is 60.7 Å². The highest BCUT2D eigenvalue weighted by Crippen LogP contribution is 2.55. The Morgan fingerprint density at radius 3 is 1.30 bits per heavy atom. The first kappa shape index (κ1) is 24.9.